The second-order valence-corrected chi connectivity index (χ2v) is 7.12. The molecule has 1 N–H and O–H groups in total. The number of hydrogen-bond donors (Lipinski definition) is 1. The molecule has 2 heterocycles. The summed E-state index contributed by atoms with van der Waals surface area (Å²) in [6.45, 7) is 1.18. The molecule has 116 valence electrons. The average Bonchev–Trinajstić information content (AvgIpc) is 3.04. The zero-order valence-corrected chi connectivity index (χ0v) is 13.9. The van der Waals surface area contributed by atoms with Crippen molar-refractivity contribution in [2.24, 2.45) is 0 Å². The Morgan fingerprint density at radius 3 is 2.64 bits per heavy atom. The molecule has 22 heavy (non-hydrogen) atoms. The van der Waals surface area contributed by atoms with Crippen molar-refractivity contribution in [1.29, 1.82) is 0 Å². The van der Waals surface area contributed by atoms with Crippen LogP contribution in [0.25, 0.3) is 0 Å². The fourth-order valence-electron chi connectivity index (χ4n) is 2.68. The van der Waals surface area contributed by atoms with Crippen molar-refractivity contribution in [3.8, 4) is 0 Å². The Morgan fingerprint density at radius 1 is 1.27 bits per heavy atom. The molecule has 1 aromatic carbocycles. The van der Waals surface area contributed by atoms with Crippen molar-refractivity contribution < 1.29 is 9.53 Å². The van der Waals surface area contributed by atoms with Crippen molar-refractivity contribution in [2.45, 2.75) is 22.6 Å². The summed E-state index contributed by atoms with van der Waals surface area (Å²) in [4.78, 5) is 13.0. The minimum absolute atomic E-state index is 0.0224. The van der Waals surface area contributed by atoms with E-state index < -0.39 is 5.41 Å². The number of amides is 1. The fourth-order valence-corrected chi connectivity index (χ4v) is 3.85. The van der Waals surface area contributed by atoms with Gasteiger partial charge in [-0.15, -0.1) is 10.2 Å². The second-order valence-electron chi connectivity index (χ2n) is 5.09. The van der Waals surface area contributed by atoms with Crippen LogP contribution in [-0.2, 0) is 14.9 Å². The van der Waals surface area contributed by atoms with Gasteiger partial charge < -0.3 is 4.74 Å². The molecular weight excluding hydrogens is 318 g/mol. The van der Waals surface area contributed by atoms with Crippen LogP contribution >= 0.6 is 23.1 Å². The van der Waals surface area contributed by atoms with Crippen LogP contribution in [0.15, 0.2) is 34.7 Å². The minimum Gasteiger partial charge on any atom is -0.381 e. The molecule has 5 nitrogen and oxygen atoms in total. The Hall–Kier alpha value is -1.44. The topological polar surface area (TPSA) is 64.1 Å². The number of ether oxygens (including phenoxy) is 1. The number of benzene rings is 1. The summed E-state index contributed by atoms with van der Waals surface area (Å²) in [6, 6.07) is 9.92. The smallest absolute Gasteiger partial charge is 0.237 e. The lowest BCUT2D eigenvalue weighted by Crippen LogP contribution is -2.44. The number of thioether (sulfide) groups is 1. The second kappa shape index (κ2) is 6.76. The van der Waals surface area contributed by atoms with E-state index in [1.807, 2.05) is 36.6 Å². The molecule has 3 rings (SSSR count). The van der Waals surface area contributed by atoms with Gasteiger partial charge in [-0.25, -0.2) is 0 Å². The maximum atomic E-state index is 13.0. The van der Waals surface area contributed by atoms with E-state index in [-0.39, 0.29) is 5.91 Å². The van der Waals surface area contributed by atoms with Crippen LogP contribution in [-0.4, -0.2) is 35.6 Å². The Morgan fingerprint density at radius 2 is 2.00 bits per heavy atom. The first-order valence-electron chi connectivity index (χ1n) is 7.07. The number of aromatic nitrogens is 2. The minimum atomic E-state index is -0.551. The molecule has 0 radical (unpaired) electrons. The predicted molar refractivity (Wildman–Crippen MR) is 88.5 cm³/mol. The number of anilines is 1. The van der Waals surface area contributed by atoms with Crippen LogP contribution in [0.3, 0.4) is 0 Å². The van der Waals surface area contributed by atoms with Gasteiger partial charge in [0.25, 0.3) is 0 Å². The van der Waals surface area contributed by atoms with E-state index in [0.717, 1.165) is 9.90 Å². The van der Waals surface area contributed by atoms with Gasteiger partial charge in [-0.2, -0.15) is 0 Å². The molecule has 0 bridgehead atoms. The number of nitrogens with zero attached hydrogens (tertiary/aromatic N) is 2. The molecule has 1 aromatic heterocycles. The normalized spacial score (nSPS) is 17.1. The van der Waals surface area contributed by atoms with E-state index in [1.54, 1.807) is 0 Å². The third-order valence-electron chi connectivity index (χ3n) is 3.91. The van der Waals surface area contributed by atoms with Crippen molar-refractivity contribution in [3.63, 3.8) is 0 Å². The summed E-state index contributed by atoms with van der Waals surface area (Å²) >= 11 is 2.92. The van der Waals surface area contributed by atoms with Crippen molar-refractivity contribution >= 4 is 34.1 Å². The molecule has 1 fully saturated rings. The standard InChI is InChI=1S/C15H17N3O2S2/c1-21-14-18-17-13(22-14)16-12(19)15(7-9-20-10-8-15)11-5-3-2-4-6-11/h2-6H,7-10H2,1H3,(H,16,17,19). The van der Waals surface area contributed by atoms with E-state index in [0.29, 0.717) is 31.2 Å². The van der Waals surface area contributed by atoms with Gasteiger partial charge in [0, 0.05) is 13.2 Å². The lowest BCUT2D eigenvalue weighted by Gasteiger charge is -2.35. The summed E-state index contributed by atoms with van der Waals surface area (Å²) in [5.74, 6) is -0.0224. The highest BCUT2D eigenvalue weighted by molar-refractivity contribution is 8.00. The summed E-state index contributed by atoms with van der Waals surface area (Å²) < 4.78 is 6.30. The van der Waals surface area contributed by atoms with Gasteiger partial charge in [0.2, 0.25) is 11.0 Å². The number of carbonyl (C=O) groups excluding carboxylic acids is 1. The van der Waals surface area contributed by atoms with Crippen LogP contribution in [0.1, 0.15) is 18.4 Å². The third-order valence-corrected chi connectivity index (χ3v) is 5.72. The Kier molecular flexibility index (Phi) is 4.75. The summed E-state index contributed by atoms with van der Waals surface area (Å²) in [6.07, 6.45) is 3.30. The SMILES string of the molecule is CSc1nnc(NC(=O)C2(c3ccccc3)CCOCC2)s1. The van der Waals surface area contributed by atoms with Gasteiger partial charge in [-0.1, -0.05) is 53.4 Å². The Balaban J connectivity index is 1.87. The van der Waals surface area contributed by atoms with E-state index in [2.05, 4.69) is 15.5 Å². The first-order valence-corrected chi connectivity index (χ1v) is 9.11. The van der Waals surface area contributed by atoms with Crippen LogP contribution in [0, 0.1) is 0 Å². The summed E-state index contributed by atoms with van der Waals surface area (Å²) in [7, 11) is 0. The zero-order chi connectivity index (χ0) is 15.4. The van der Waals surface area contributed by atoms with E-state index in [4.69, 9.17) is 4.74 Å². The maximum absolute atomic E-state index is 13.0. The van der Waals surface area contributed by atoms with E-state index in [1.165, 1.54) is 23.1 Å². The first-order chi connectivity index (χ1) is 10.7. The van der Waals surface area contributed by atoms with Crippen LogP contribution in [0.4, 0.5) is 5.13 Å². The van der Waals surface area contributed by atoms with Gasteiger partial charge in [0.1, 0.15) is 0 Å². The molecule has 0 saturated carbocycles. The lowest BCUT2D eigenvalue weighted by atomic mass is 9.73. The molecule has 0 aliphatic carbocycles. The predicted octanol–water partition coefficient (Wildman–Crippen LogP) is 2.95. The van der Waals surface area contributed by atoms with Gasteiger partial charge in [0.15, 0.2) is 4.34 Å². The molecule has 0 atom stereocenters. The maximum Gasteiger partial charge on any atom is 0.237 e. The molecular formula is C15H17N3O2S2. The fraction of sp³-hybridized carbons (Fsp3) is 0.400. The molecule has 7 heteroatoms. The third kappa shape index (κ3) is 3.02. The quantitative estimate of drug-likeness (QED) is 0.687. The van der Waals surface area contributed by atoms with Crippen LogP contribution < -0.4 is 5.32 Å². The number of carbonyl (C=O) groups is 1. The van der Waals surface area contributed by atoms with Gasteiger partial charge in [0.05, 0.1) is 5.41 Å². The van der Waals surface area contributed by atoms with Crippen LogP contribution in [0.2, 0.25) is 0 Å². The van der Waals surface area contributed by atoms with Crippen molar-refractivity contribution in [3.05, 3.63) is 35.9 Å². The largest absolute Gasteiger partial charge is 0.381 e. The number of hydrogen-bond acceptors (Lipinski definition) is 6. The van der Waals surface area contributed by atoms with Crippen molar-refractivity contribution in [2.75, 3.05) is 24.8 Å². The summed E-state index contributed by atoms with van der Waals surface area (Å²) in [5, 5.41) is 11.5. The average molecular weight is 335 g/mol. The molecule has 1 aliphatic rings. The highest BCUT2D eigenvalue weighted by Crippen LogP contribution is 2.36. The Labute approximate surface area is 137 Å². The lowest BCUT2D eigenvalue weighted by molar-refractivity contribution is -0.125. The molecule has 1 saturated heterocycles. The van der Waals surface area contributed by atoms with Crippen molar-refractivity contribution in [1.82, 2.24) is 10.2 Å². The molecule has 0 spiro atoms. The van der Waals surface area contributed by atoms with Gasteiger partial charge in [-0.3, -0.25) is 10.1 Å². The highest BCUT2D eigenvalue weighted by Gasteiger charge is 2.42. The first kappa shape index (κ1) is 15.5. The van der Waals surface area contributed by atoms with Crippen LogP contribution in [0.5, 0.6) is 0 Å². The number of rotatable bonds is 4. The van der Waals surface area contributed by atoms with Gasteiger partial charge >= 0.3 is 0 Å². The molecule has 0 unspecified atom stereocenters. The Bertz CT molecular complexity index is 639. The zero-order valence-electron chi connectivity index (χ0n) is 12.2. The monoisotopic (exact) mass is 335 g/mol. The molecule has 2 aromatic rings. The summed E-state index contributed by atoms with van der Waals surface area (Å²) in [5.41, 5.74) is 0.482. The molecule has 1 aliphatic heterocycles. The van der Waals surface area contributed by atoms with Gasteiger partial charge in [-0.05, 0) is 24.7 Å². The highest BCUT2D eigenvalue weighted by atomic mass is 32.2. The molecule has 1 amide bonds. The van der Waals surface area contributed by atoms with E-state index in [9.17, 15) is 4.79 Å². The number of nitrogens with one attached hydrogen (secondary N) is 1. The van der Waals surface area contributed by atoms with E-state index >= 15 is 0 Å².